The van der Waals surface area contributed by atoms with E-state index in [4.69, 9.17) is 14.2 Å². The quantitative estimate of drug-likeness (QED) is 0.844. The first-order valence-electron chi connectivity index (χ1n) is 7.39. The van der Waals surface area contributed by atoms with Gasteiger partial charge in [-0.3, -0.25) is 0 Å². The Bertz CT molecular complexity index is 481. The van der Waals surface area contributed by atoms with E-state index < -0.39 is 0 Å². The summed E-state index contributed by atoms with van der Waals surface area (Å²) in [4.78, 5) is 0. The molecule has 1 N–H and O–H groups in total. The lowest BCUT2D eigenvalue weighted by atomic mass is 9.87. The van der Waals surface area contributed by atoms with Crippen molar-refractivity contribution in [2.75, 3.05) is 27.4 Å². The molecule has 1 saturated heterocycles. The molecule has 0 aromatic heterocycles. The summed E-state index contributed by atoms with van der Waals surface area (Å²) < 4.78 is 17.6. The summed E-state index contributed by atoms with van der Waals surface area (Å²) in [6, 6.07) is 4.28. The molecule has 1 fully saturated rings. The minimum atomic E-state index is 0.213. The third-order valence-electron chi connectivity index (χ3n) is 4.14. The molecular formula is C16H24BrNO3. The molecule has 0 amide bonds. The fourth-order valence-electron chi connectivity index (χ4n) is 3.06. The number of halogens is 1. The van der Waals surface area contributed by atoms with Crippen LogP contribution in [0, 0.1) is 5.92 Å². The molecule has 1 aliphatic heterocycles. The summed E-state index contributed by atoms with van der Waals surface area (Å²) in [5.41, 5.74) is 1.15. The Morgan fingerprint density at radius 1 is 1.38 bits per heavy atom. The van der Waals surface area contributed by atoms with Gasteiger partial charge in [0.15, 0.2) is 0 Å². The minimum Gasteiger partial charge on any atom is -0.495 e. The van der Waals surface area contributed by atoms with Gasteiger partial charge in [-0.1, -0.05) is 6.92 Å². The molecule has 3 unspecified atom stereocenters. The van der Waals surface area contributed by atoms with Crippen molar-refractivity contribution in [3.05, 3.63) is 22.2 Å². The molecule has 0 aliphatic carbocycles. The van der Waals surface area contributed by atoms with Crippen LogP contribution in [0.25, 0.3) is 0 Å². The average Bonchev–Trinajstić information content (AvgIpc) is 2.90. The van der Waals surface area contributed by atoms with Gasteiger partial charge in [0, 0.05) is 24.1 Å². The van der Waals surface area contributed by atoms with E-state index >= 15 is 0 Å². The molecule has 5 heteroatoms. The number of hydrogen-bond donors (Lipinski definition) is 1. The second-order valence-corrected chi connectivity index (χ2v) is 6.06. The zero-order valence-corrected chi connectivity index (χ0v) is 14.7. The normalized spacial score (nSPS) is 23.1. The van der Waals surface area contributed by atoms with Crippen LogP contribution in [0.3, 0.4) is 0 Å². The van der Waals surface area contributed by atoms with Gasteiger partial charge in [-0.2, -0.15) is 0 Å². The summed E-state index contributed by atoms with van der Waals surface area (Å²) in [5.74, 6) is 2.06. The standard InChI is InChI=1S/C16H24BrNO3/c1-5-18-15(11-8-9-21-10(11)2)12-6-7-13(19-3)14(17)16(12)20-4/h6-7,10-11,15,18H,5,8-9H2,1-4H3. The van der Waals surface area contributed by atoms with Gasteiger partial charge in [0.25, 0.3) is 0 Å². The lowest BCUT2D eigenvalue weighted by molar-refractivity contribution is 0.0952. The van der Waals surface area contributed by atoms with E-state index in [1.807, 2.05) is 6.07 Å². The van der Waals surface area contributed by atoms with E-state index in [1.54, 1.807) is 14.2 Å². The third kappa shape index (κ3) is 3.35. The summed E-state index contributed by atoms with van der Waals surface area (Å²) in [5, 5.41) is 3.59. The van der Waals surface area contributed by atoms with Crippen LogP contribution in [-0.4, -0.2) is 33.5 Å². The molecule has 21 heavy (non-hydrogen) atoms. The second kappa shape index (κ2) is 7.47. The smallest absolute Gasteiger partial charge is 0.141 e. The van der Waals surface area contributed by atoms with Crippen molar-refractivity contribution in [3.63, 3.8) is 0 Å². The van der Waals surface area contributed by atoms with Crippen LogP contribution in [0.2, 0.25) is 0 Å². The SMILES string of the molecule is CCNC(c1ccc(OC)c(Br)c1OC)C1CCOC1C. The first kappa shape index (κ1) is 16.6. The van der Waals surface area contributed by atoms with E-state index in [0.717, 1.165) is 41.1 Å². The predicted octanol–water partition coefficient (Wildman–Crippen LogP) is 3.54. The Morgan fingerprint density at radius 2 is 2.14 bits per heavy atom. The maximum absolute atomic E-state index is 5.75. The molecule has 0 spiro atoms. The zero-order chi connectivity index (χ0) is 15.4. The van der Waals surface area contributed by atoms with Gasteiger partial charge in [-0.05, 0) is 48.0 Å². The van der Waals surface area contributed by atoms with Crippen molar-refractivity contribution in [1.29, 1.82) is 0 Å². The maximum atomic E-state index is 5.75. The van der Waals surface area contributed by atoms with Crippen LogP contribution < -0.4 is 14.8 Å². The van der Waals surface area contributed by atoms with Crippen LogP contribution in [0.15, 0.2) is 16.6 Å². The highest BCUT2D eigenvalue weighted by molar-refractivity contribution is 9.10. The van der Waals surface area contributed by atoms with Gasteiger partial charge in [-0.15, -0.1) is 0 Å². The number of hydrogen-bond acceptors (Lipinski definition) is 4. The highest BCUT2D eigenvalue weighted by Crippen LogP contribution is 2.43. The molecule has 1 aliphatic rings. The molecule has 2 rings (SSSR count). The number of rotatable bonds is 6. The van der Waals surface area contributed by atoms with Crippen molar-refractivity contribution in [3.8, 4) is 11.5 Å². The van der Waals surface area contributed by atoms with Crippen molar-refractivity contribution in [2.45, 2.75) is 32.4 Å². The minimum absolute atomic E-state index is 0.213. The Morgan fingerprint density at radius 3 is 2.67 bits per heavy atom. The lowest BCUT2D eigenvalue weighted by Crippen LogP contribution is -2.32. The summed E-state index contributed by atoms with van der Waals surface area (Å²) in [6.07, 6.45) is 1.31. The summed E-state index contributed by atoms with van der Waals surface area (Å²) in [6.45, 7) is 6.00. The molecule has 0 radical (unpaired) electrons. The zero-order valence-electron chi connectivity index (χ0n) is 13.1. The van der Waals surface area contributed by atoms with Crippen molar-refractivity contribution in [1.82, 2.24) is 5.32 Å². The summed E-state index contributed by atoms with van der Waals surface area (Å²) in [7, 11) is 3.36. The van der Waals surface area contributed by atoms with E-state index in [9.17, 15) is 0 Å². The number of ether oxygens (including phenoxy) is 3. The van der Waals surface area contributed by atoms with Crippen LogP contribution in [-0.2, 0) is 4.74 Å². The van der Waals surface area contributed by atoms with E-state index in [2.05, 4.69) is 41.2 Å². The van der Waals surface area contributed by atoms with E-state index in [0.29, 0.717) is 5.92 Å². The molecule has 118 valence electrons. The fraction of sp³-hybridized carbons (Fsp3) is 0.625. The van der Waals surface area contributed by atoms with Crippen molar-refractivity contribution >= 4 is 15.9 Å². The lowest BCUT2D eigenvalue weighted by Gasteiger charge is -2.29. The average molecular weight is 358 g/mol. The molecule has 0 bridgehead atoms. The topological polar surface area (TPSA) is 39.7 Å². The Balaban J connectivity index is 2.42. The molecular weight excluding hydrogens is 334 g/mol. The Hall–Kier alpha value is -0.780. The van der Waals surface area contributed by atoms with E-state index in [-0.39, 0.29) is 12.1 Å². The largest absolute Gasteiger partial charge is 0.495 e. The molecule has 1 heterocycles. The van der Waals surface area contributed by atoms with Gasteiger partial charge in [0.05, 0.1) is 20.3 Å². The molecule has 3 atom stereocenters. The van der Waals surface area contributed by atoms with Crippen molar-refractivity contribution in [2.24, 2.45) is 5.92 Å². The van der Waals surface area contributed by atoms with Gasteiger partial charge in [0.2, 0.25) is 0 Å². The van der Waals surface area contributed by atoms with Crippen LogP contribution in [0.5, 0.6) is 11.5 Å². The maximum Gasteiger partial charge on any atom is 0.141 e. The molecule has 0 saturated carbocycles. The fourth-order valence-corrected chi connectivity index (χ4v) is 3.75. The molecule has 1 aromatic rings. The van der Waals surface area contributed by atoms with Crippen molar-refractivity contribution < 1.29 is 14.2 Å². The first-order valence-corrected chi connectivity index (χ1v) is 8.18. The molecule has 1 aromatic carbocycles. The van der Waals surface area contributed by atoms with E-state index in [1.165, 1.54) is 0 Å². The monoisotopic (exact) mass is 357 g/mol. The number of nitrogens with one attached hydrogen (secondary N) is 1. The Labute approximate surface area is 135 Å². The van der Waals surface area contributed by atoms with Gasteiger partial charge < -0.3 is 19.5 Å². The number of methoxy groups -OCH3 is 2. The van der Waals surface area contributed by atoms with Gasteiger partial charge >= 0.3 is 0 Å². The number of benzene rings is 1. The third-order valence-corrected chi connectivity index (χ3v) is 4.89. The van der Waals surface area contributed by atoms with Crippen LogP contribution in [0.1, 0.15) is 31.9 Å². The Kier molecular flexibility index (Phi) is 5.90. The highest BCUT2D eigenvalue weighted by atomic mass is 79.9. The van der Waals surface area contributed by atoms with Crippen LogP contribution >= 0.6 is 15.9 Å². The van der Waals surface area contributed by atoms with Crippen LogP contribution in [0.4, 0.5) is 0 Å². The second-order valence-electron chi connectivity index (χ2n) is 5.27. The first-order chi connectivity index (χ1) is 10.1. The highest BCUT2D eigenvalue weighted by Gasteiger charge is 2.34. The van der Waals surface area contributed by atoms with Gasteiger partial charge in [0.1, 0.15) is 16.0 Å². The summed E-state index contributed by atoms with van der Waals surface area (Å²) >= 11 is 3.59. The molecule has 4 nitrogen and oxygen atoms in total. The predicted molar refractivity (Wildman–Crippen MR) is 87.2 cm³/mol. The van der Waals surface area contributed by atoms with Gasteiger partial charge in [-0.25, -0.2) is 0 Å².